The minimum Gasteiger partial charge on any atom is -0.481 e. The van der Waals surface area contributed by atoms with Crippen molar-refractivity contribution in [3.05, 3.63) is 0 Å². The molecule has 0 aromatic carbocycles. The molecule has 0 radical (unpaired) electrons. The summed E-state index contributed by atoms with van der Waals surface area (Å²) in [5.74, 6) is -0.110. The van der Waals surface area contributed by atoms with Crippen LogP contribution in [0.1, 0.15) is 51.9 Å². The van der Waals surface area contributed by atoms with E-state index in [1.54, 1.807) is 0 Å². The summed E-state index contributed by atoms with van der Waals surface area (Å²) in [5.41, 5.74) is 0. The van der Waals surface area contributed by atoms with Gasteiger partial charge < -0.3 is 5.11 Å². The second-order valence-corrected chi connectivity index (χ2v) is 4.33. The Kier molecular flexibility index (Phi) is 4.26. The van der Waals surface area contributed by atoms with Crippen LogP contribution in [-0.4, -0.2) is 11.1 Å². The summed E-state index contributed by atoms with van der Waals surface area (Å²) in [6, 6.07) is 0. The molecule has 0 amide bonds. The smallest absolute Gasteiger partial charge is 0.306 e. The molecule has 0 aliphatic heterocycles. The molecule has 1 aliphatic carbocycles. The lowest BCUT2D eigenvalue weighted by atomic mass is 9.90. The molecule has 0 heterocycles. The molecule has 1 N–H and O–H groups in total. The Hall–Kier alpha value is -0.530. The normalized spacial score (nSPS) is 22.2. The molecule has 0 aromatic rings. The quantitative estimate of drug-likeness (QED) is 0.684. The van der Waals surface area contributed by atoms with Crippen LogP contribution in [0.3, 0.4) is 0 Å². The van der Waals surface area contributed by atoms with Crippen molar-refractivity contribution in [1.29, 1.82) is 0 Å². The molecule has 0 aromatic heterocycles. The van der Waals surface area contributed by atoms with Crippen LogP contribution < -0.4 is 0 Å². The minimum atomic E-state index is -0.635. The van der Waals surface area contributed by atoms with Crippen molar-refractivity contribution in [1.82, 2.24) is 0 Å². The van der Waals surface area contributed by atoms with E-state index in [4.69, 9.17) is 5.11 Å². The molecule has 0 spiro atoms. The van der Waals surface area contributed by atoms with E-state index < -0.39 is 5.97 Å². The number of rotatable bonds is 3. The van der Waals surface area contributed by atoms with Gasteiger partial charge in [0.25, 0.3) is 0 Å². The van der Waals surface area contributed by atoms with E-state index in [-0.39, 0.29) is 5.92 Å². The number of hydrogen-bond donors (Lipinski definition) is 1. The van der Waals surface area contributed by atoms with E-state index in [2.05, 4.69) is 0 Å². The molecule has 1 aliphatic rings. The van der Waals surface area contributed by atoms with Crippen LogP contribution in [0.15, 0.2) is 0 Å². The Bertz CT molecular complexity index is 157. The van der Waals surface area contributed by atoms with Gasteiger partial charge in [0, 0.05) is 0 Å². The predicted octanol–water partition coefficient (Wildman–Crippen LogP) is 3.07. The average molecular weight is 184 g/mol. The Morgan fingerprint density at radius 1 is 1.31 bits per heavy atom. The first kappa shape index (κ1) is 10.6. The molecule has 1 atom stereocenters. The van der Waals surface area contributed by atoms with E-state index in [0.29, 0.717) is 5.92 Å². The standard InChI is InChI=1S/C11H20O2/c1-9(11(12)13)8-10-6-4-2-3-5-7-10/h9-10H,2-8H2,1H3,(H,12,13)/t9-/m0/s1. The molecule has 1 saturated carbocycles. The molecule has 0 unspecified atom stereocenters. The summed E-state index contributed by atoms with van der Waals surface area (Å²) in [6.45, 7) is 1.83. The molecule has 76 valence electrons. The van der Waals surface area contributed by atoms with Gasteiger partial charge in [-0.05, 0) is 12.3 Å². The van der Waals surface area contributed by atoms with Gasteiger partial charge in [-0.15, -0.1) is 0 Å². The van der Waals surface area contributed by atoms with Crippen LogP contribution in [-0.2, 0) is 4.79 Å². The van der Waals surface area contributed by atoms with Crippen LogP contribution in [0, 0.1) is 11.8 Å². The lowest BCUT2D eigenvalue weighted by molar-refractivity contribution is -0.141. The summed E-state index contributed by atoms with van der Waals surface area (Å²) in [4.78, 5) is 10.7. The predicted molar refractivity (Wildman–Crippen MR) is 52.6 cm³/mol. The molecule has 0 bridgehead atoms. The SMILES string of the molecule is C[C@@H](CC1CCCCCC1)C(=O)O. The van der Waals surface area contributed by atoms with E-state index in [0.717, 1.165) is 6.42 Å². The van der Waals surface area contributed by atoms with Crippen LogP contribution in [0.4, 0.5) is 0 Å². The maximum Gasteiger partial charge on any atom is 0.306 e. The van der Waals surface area contributed by atoms with Gasteiger partial charge in [-0.1, -0.05) is 45.4 Å². The second-order valence-electron chi connectivity index (χ2n) is 4.33. The Morgan fingerprint density at radius 2 is 1.85 bits per heavy atom. The van der Waals surface area contributed by atoms with Gasteiger partial charge in [-0.25, -0.2) is 0 Å². The first-order valence-electron chi connectivity index (χ1n) is 5.43. The van der Waals surface area contributed by atoms with E-state index in [1.165, 1.54) is 38.5 Å². The summed E-state index contributed by atoms with van der Waals surface area (Å²) >= 11 is 0. The van der Waals surface area contributed by atoms with Gasteiger partial charge in [0.2, 0.25) is 0 Å². The molecular weight excluding hydrogens is 164 g/mol. The van der Waals surface area contributed by atoms with Crippen LogP contribution in [0.25, 0.3) is 0 Å². The van der Waals surface area contributed by atoms with Gasteiger partial charge in [-0.2, -0.15) is 0 Å². The van der Waals surface area contributed by atoms with Crippen molar-refractivity contribution in [2.45, 2.75) is 51.9 Å². The number of carboxylic acid groups (broad SMARTS) is 1. The van der Waals surface area contributed by atoms with Crippen LogP contribution in [0.5, 0.6) is 0 Å². The fourth-order valence-electron chi connectivity index (χ4n) is 2.20. The summed E-state index contributed by atoms with van der Waals surface area (Å²) in [6.07, 6.45) is 8.68. The third kappa shape index (κ3) is 3.79. The van der Waals surface area contributed by atoms with Crippen molar-refractivity contribution in [3.63, 3.8) is 0 Å². The summed E-state index contributed by atoms with van der Waals surface area (Å²) < 4.78 is 0. The molecular formula is C11H20O2. The van der Waals surface area contributed by atoms with Gasteiger partial charge in [0.1, 0.15) is 0 Å². The maximum absolute atomic E-state index is 10.7. The van der Waals surface area contributed by atoms with Crippen molar-refractivity contribution >= 4 is 5.97 Å². The van der Waals surface area contributed by atoms with E-state index >= 15 is 0 Å². The van der Waals surface area contributed by atoms with Crippen molar-refractivity contribution in [2.24, 2.45) is 11.8 Å². The van der Waals surface area contributed by atoms with Crippen molar-refractivity contribution < 1.29 is 9.90 Å². The second kappa shape index (κ2) is 5.25. The number of aliphatic carboxylic acids is 1. The van der Waals surface area contributed by atoms with Crippen molar-refractivity contribution in [2.75, 3.05) is 0 Å². The highest BCUT2D eigenvalue weighted by atomic mass is 16.4. The molecule has 1 rings (SSSR count). The zero-order valence-corrected chi connectivity index (χ0v) is 8.46. The Balaban J connectivity index is 2.29. The molecule has 0 saturated heterocycles. The van der Waals surface area contributed by atoms with Gasteiger partial charge >= 0.3 is 5.97 Å². The highest BCUT2D eigenvalue weighted by Gasteiger charge is 2.19. The zero-order chi connectivity index (χ0) is 9.68. The van der Waals surface area contributed by atoms with Crippen LogP contribution >= 0.6 is 0 Å². The monoisotopic (exact) mass is 184 g/mol. The molecule has 2 nitrogen and oxygen atoms in total. The maximum atomic E-state index is 10.7. The largest absolute Gasteiger partial charge is 0.481 e. The number of hydrogen-bond acceptors (Lipinski definition) is 1. The Morgan fingerprint density at radius 3 is 2.31 bits per heavy atom. The first-order chi connectivity index (χ1) is 6.20. The third-order valence-electron chi connectivity index (χ3n) is 3.08. The lowest BCUT2D eigenvalue weighted by Gasteiger charge is -2.16. The third-order valence-corrected chi connectivity index (χ3v) is 3.08. The zero-order valence-electron chi connectivity index (χ0n) is 8.46. The summed E-state index contributed by atoms with van der Waals surface area (Å²) in [5, 5.41) is 8.78. The molecule has 2 heteroatoms. The number of carbonyl (C=O) groups is 1. The highest BCUT2D eigenvalue weighted by molar-refractivity contribution is 5.69. The first-order valence-corrected chi connectivity index (χ1v) is 5.43. The van der Waals surface area contributed by atoms with E-state index in [1.807, 2.05) is 6.92 Å². The fraction of sp³-hybridized carbons (Fsp3) is 0.909. The van der Waals surface area contributed by atoms with Gasteiger partial charge in [-0.3, -0.25) is 4.79 Å². The number of carboxylic acids is 1. The van der Waals surface area contributed by atoms with Crippen LogP contribution in [0.2, 0.25) is 0 Å². The Labute approximate surface area is 80.3 Å². The minimum absolute atomic E-state index is 0.150. The highest BCUT2D eigenvalue weighted by Crippen LogP contribution is 2.27. The lowest BCUT2D eigenvalue weighted by Crippen LogP contribution is -2.14. The molecule has 13 heavy (non-hydrogen) atoms. The van der Waals surface area contributed by atoms with Crippen molar-refractivity contribution in [3.8, 4) is 0 Å². The summed E-state index contributed by atoms with van der Waals surface area (Å²) in [7, 11) is 0. The van der Waals surface area contributed by atoms with E-state index in [9.17, 15) is 4.79 Å². The fourth-order valence-corrected chi connectivity index (χ4v) is 2.20. The topological polar surface area (TPSA) is 37.3 Å². The van der Waals surface area contributed by atoms with Gasteiger partial charge in [0.05, 0.1) is 5.92 Å². The molecule has 1 fully saturated rings. The average Bonchev–Trinajstić information content (AvgIpc) is 2.32. The van der Waals surface area contributed by atoms with Gasteiger partial charge in [0.15, 0.2) is 0 Å².